The summed E-state index contributed by atoms with van der Waals surface area (Å²) in [7, 11) is 1.75. The molecule has 1 aromatic rings. The van der Waals surface area contributed by atoms with Gasteiger partial charge in [0.25, 0.3) is 0 Å². The van der Waals surface area contributed by atoms with Gasteiger partial charge in [-0.05, 0) is 44.1 Å². The molecular weight excluding hydrogens is 394 g/mol. The van der Waals surface area contributed by atoms with Crippen LogP contribution in [-0.4, -0.2) is 71.0 Å². The lowest BCUT2D eigenvalue weighted by atomic mass is 9.74. The first-order chi connectivity index (χ1) is 14.7. The second kappa shape index (κ2) is 9.81. The molecule has 3 rings (SSSR count). The van der Waals surface area contributed by atoms with E-state index in [-0.39, 0.29) is 29.2 Å². The van der Waals surface area contributed by atoms with Crippen LogP contribution in [0, 0.1) is 0 Å². The third-order valence-corrected chi connectivity index (χ3v) is 7.13. The van der Waals surface area contributed by atoms with Gasteiger partial charge in [0.2, 0.25) is 17.7 Å². The summed E-state index contributed by atoms with van der Waals surface area (Å²) < 4.78 is 0. The fourth-order valence-electron chi connectivity index (χ4n) is 5.26. The molecule has 1 aliphatic carbocycles. The first-order valence-electron chi connectivity index (χ1n) is 11.3. The number of aliphatic hydroxyl groups excluding tert-OH is 1. The van der Waals surface area contributed by atoms with Crippen LogP contribution in [0.2, 0.25) is 0 Å². The first kappa shape index (κ1) is 23.3. The van der Waals surface area contributed by atoms with E-state index in [1.54, 1.807) is 16.8 Å². The SMILES string of the molecule is CC(=O)NC[C@]1(c2ccccc2)CC[C@@H](O)[C@H](N(C)C(=O)C2CCCN2C(C)=O)CC1. The third-order valence-electron chi connectivity index (χ3n) is 7.13. The van der Waals surface area contributed by atoms with Crippen molar-refractivity contribution in [3.8, 4) is 0 Å². The average Bonchev–Trinajstić information content (AvgIpc) is 3.19. The van der Waals surface area contributed by atoms with Gasteiger partial charge in [0.1, 0.15) is 6.04 Å². The Kier molecular flexibility index (Phi) is 7.36. The number of benzene rings is 1. The van der Waals surface area contributed by atoms with Crippen LogP contribution < -0.4 is 5.32 Å². The van der Waals surface area contributed by atoms with E-state index >= 15 is 0 Å². The number of carbonyl (C=O) groups excluding carboxylic acids is 3. The number of aliphatic hydroxyl groups is 1. The topological polar surface area (TPSA) is 89.9 Å². The summed E-state index contributed by atoms with van der Waals surface area (Å²) in [6, 6.07) is 9.37. The largest absolute Gasteiger partial charge is 0.391 e. The predicted octanol–water partition coefficient (Wildman–Crippen LogP) is 1.83. The van der Waals surface area contributed by atoms with Gasteiger partial charge in [0.15, 0.2) is 0 Å². The zero-order valence-electron chi connectivity index (χ0n) is 18.8. The van der Waals surface area contributed by atoms with Gasteiger partial charge in [-0.2, -0.15) is 0 Å². The highest BCUT2D eigenvalue weighted by molar-refractivity contribution is 5.87. The van der Waals surface area contributed by atoms with E-state index < -0.39 is 12.1 Å². The standard InChI is InChI=1S/C24H35N3O4/c1-17(28)25-16-24(19-8-5-4-6-9-19)13-11-20(22(30)12-14-24)26(3)23(31)21-10-7-15-27(21)18(2)29/h4-6,8-9,20-22,30H,7,10-16H2,1-3H3,(H,25,28)/t20-,21?,22-,24-/m1/s1. The lowest BCUT2D eigenvalue weighted by Gasteiger charge is -2.35. The molecule has 7 heteroatoms. The van der Waals surface area contributed by atoms with Crippen LogP contribution in [0.1, 0.15) is 57.9 Å². The van der Waals surface area contributed by atoms with Crippen molar-refractivity contribution in [2.24, 2.45) is 0 Å². The van der Waals surface area contributed by atoms with E-state index in [0.717, 1.165) is 24.8 Å². The Bertz CT molecular complexity index is 799. The molecule has 1 saturated carbocycles. The summed E-state index contributed by atoms with van der Waals surface area (Å²) in [5.41, 5.74) is 0.856. The van der Waals surface area contributed by atoms with E-state index in [1.165, 1.54) is 13.8 Å². The molecule has 2 N–H and O–H groups in total. The van der Waals surface area contributed by atoms with Gasteiger partial charge < -0.3 is 20.2 Å². The number of rotatable bonds is 5. The van der Waals surface area contributed by atoms with Crippen molar-refractivity contribution in [2.75, 3.05) is 20.1 Å². The fraction of sp³-hybridized carbons (Fsp3) is 0.625. The van der Waals surface area contributed by atoms with Crippen LogP contribution in [0.5, 0.6) is 0 Å². The van der Waals surface area contributed by atoms with Crippen LogP contribution in [0.15, 0.2) is 30.3 Å². The molecule has 1 heterocycles. The zero-order chi connectivity index (χ0) is 22.6. The number of nitrogens with one attached hydrogen (secondary N) is 1. The Balaban J connectivity index is 1.79. The molecule has 1 unspecified atom stereocenters. The molecule has 7 nitrogen and oxygen atoms in total. The number of likely N-dealkylation sites (tertiary alicyclic amines) is 1. The summed E-state index contributed by atoms with van der Waals surface area (Å²) in [5, 5.41) is 14.0. The van der Waals surface area contributed by atoms with Gasteiger partial charge in [0.05, 0.1) is 12.1 Å². The minimum absolute atomic E-state index is 0.0745. The Morgan fingerprint density at radius 2 is 1.81 bits per heavy atom. The second-order valence-electron chi connectivity index (χ2n) is 9.09. The summed E-state index contributed by atoms with van der Waals surface area (Å²) in [6.07, 6.45) is 3.48. The molecule has 0 spiro atoms. The van der Waals surface area contributed by atoms with Crippen molar-refractivity contribution in [3.63, 3.8) is 0 Å². The Labute approximate surface area is 184 Å². The molecular formula is C24H35N3O4. The summed E-state index contributed by atoms with van der Waals surface area (Å²) in [4.78, 5) is 40.1. The molecule has 4 atom stereocenters. The fourth-order valence-corrected chi connectivity index (χ4v) is 5.26. The molecule has 2 aliphatic rings. The number of nitrogens with zero attached hydrogens (tertiary/aromatic N) is 2. The van der Waals surface area contributed by atoms with Crippen molar-refractivity contribution in [2.45, 2.75) is 76.0 Å². The lowest BCUT2D eigenvalue weighted by molar-refractivity contribution is -0.145. The minimum atomic E-state index is -0.649. The molecule has 3 amide bonds. The van der Waals surface area contributed by atoms with Crippen LogP contribution in [-0.2, 0) is 19.8 Å². The number of amides is 3. The van der Waals surface area contributed by atoms with Gasteiger partial charge in [-0.15, -0.1) is 0 Å². The molecule has 0 radical (unpaired) electrons. The molecule has 1 aromatic carbocycles. The van der Waals surface area contributed by atoms with Crippen molar-refractivity contribution in [1.29, 1.82) is 0 Å². The molecule has 1 aliphatic heterocycles. The maximum absolute atomic E-state index is 13.2. The third kappa shape index (κ3) is 5.09. The van der Waals surface area contributed by atoms with Gasteiger partial charge in [0, 0.05) is 39.4 Å². The first-order valence-corrected chi connectivity index (χ1v) is 11.3. The van der Waals surface area contributed by atoms with Gasteiger partial charge >= 0.3 is 0 Å². The molecule has 170 valence electrons. The molecule has 31 heavy (non-hydrogen) atoms. The summed E-state index contributed by atoms with van der Waals surface area (Å²) in [5.74, 6) is -0.246. The van der Waals surface area contributed by atoms with Crippen LogP contribution in [0.4, 0.5) is 0 Å². The maximum Gasteiger partial charge on any atom is 0.245 e. The monoisotopic (exact) mass is 429 g/mol. The molecule has 0 aromatic heterocycles. The van der Waals surface area contributed by atoms with Crippen molar-refractivity contribution < 1.29 is 19.5 Å². The quantitative estimate of drug-likeness (QED) is 0.699. The highest BCUT2D eigenvalue weighted by Gasteiger charge is 2.42. The van der Waals surface area contributed by atoms with E-state index in [4.69, 9.17) is 0 Å². The Morgan fingerprint density at radius 1 is 1.13 bits per heavy atom. The zero-order valence-corrected chi connectivity index (χ0v) is 18.8. The molecule has 1 saturated heterocycles. The Morgan fingerprint density at radius 3 is 2.45 bits per heavy atom. The van der Waals surface area contributed by atoms with Gasteiger partial charge in [-0.1, -0.05) is 30.3 Å². The summed E-state index contributed by atoms with van der Waals surface area (Å²) in [6.45, 7) is 4.13. The van der Waals surface area contributed by atoms with E-state index in [0.29, 0.717) is 32.4 Å². The molecule has 2 fully saturated rings. The number of hydrogen-bond donors (Lipinski definition) is 2. The van der Waals surface area contributed by atoms with Crippen LogP contribution in [0.25, 0.3) is 0 Å². The maximum atomic E-state index is 13.2. The highest BCUT2D eigenvalue weighted by atomic mass is 16.3. The smallest absolute Gasteiger partial charge is 0.245 e. The number of hydrogen-bond acceptors (Lipinski definition) is 4. The second-order valence-corrected chi connectivity index (χ2v) is 9.09. The lowest BCUT2D eigenvalue weighted by Crippen LogP contribution is -2.52. The predicted molar refractivity (Wildman–Crippen MR) is 118 cm³/mol. The minimum Gasteiger partial charge on any atom is -0.391 e. The highest BCUT2D eigenvalue weighted by Crippen LogP contribution is 2.39. The van der Waals surface area contributed by atoms with Crippen LogP contribution in [0.3, 0.4) is 0 Å². The van der Waals surface area contributed by atoms with Gasteiger partial charge in [-0.3, -0.25) is 14.4 Å². The summed E-state index contributed by atoms with van der Waals surface area (Å²) >= 11 is 0. The van der Waals surface area contributed by atoms with Crippen molar-refractivity contribution in [1.82, 2.24) is 15.1 Å². The Hall–Kier alpha value is -2.41. The van der Waals surface area contributed by atoms with E-state index in [9.17, 15) is 19.5 Å². The van der Waals surface area contributed by atoms with E-state index in [2.05, 4.69) is 17.4 Å². The van der Waals surface area contributed by atoms with Crippen molar-refractivity contribution >= 4 is 17.7 Å². The average molecular weight is 430 g/mol. The van der Waals surface area contributed by atoms with Crippen molar-refractivity contribution in [3.05, 3.63) is 35.9 Å². The molecule has 0 bridgehead atoms. The van der Waals surface area contributed by atoms with Gasteiger partial charge in [-0.25, -0.2) is 0 Å². The normalized spacial score (nSPS) is 28.6. The number of likely N-dealkylation sites (N-methyl/N-ethyl adjacent to an activating group) is 1. The number of carbonyl (C=O) groups is 3. The van der Waals surface area contributed by atoms with Crippen LogP contribution >= 0.6 is 0 Å². The van der Waals surface area contributed by atoms with E-state index in [1.807, 2.05) is 18.2 Å².